The van der Waals surface area contributed by atoms with E-state index in [1.165, 1.54) is 11.3 Å². The van der Waals surface area contributed by atoms with E-state index in [0.29, 0.717) is 47.2 Å². The van der Waals surface area contributed by atoms with Crippen molar-refractivity contribution < 1.29 is 19.1 Å². The van der Waals surface area contributed by atoms with Gasteiger partial charge in [-0.05, 0) is 35.7 Å². The van der Waals surface area contributed by atoms with Gasteiger partial charge in [0.2, 0.25) is 0 Å². The molecule has 2 amide bonds. The first-order chi connectivity index (χ1) is 13.2. The van der Waals surface area contributed by atoms with E-state index in [0.717, 1.165) is 0 Å². The maximum Gasteiger partial charge on any atom is 0.257 e. The van der Waals surface area contributed by atoms with Crippen LogP contribution in [0.25, 0.3) is 0 Å². The Hall–Kier alpha value is -3.32. The smallest absolute Gasteiger partial charge is 0.257 e. The molecule has 2 heterocycles. The summed E-state index contributed by atoms with van der Waals surface area (Å²) in [6, 6.07) is 13.8. The predicted molar refractivity (Wildman–Crippen MR) is 104 cm³/mol. The fourth-order valence-corrected chi connectivity index (χ4v) is 3.33. The van der Waals surface area contributed by atoms with Crippen LogP contribution in [-0.2, 0) is 0 Å². The van der Waals surface area contributed by atoms with E-state index in [1.807, 2.05) is 5.38 Å². The molecule has 0 unspecified atom stereocenters. The van der Waals surface area contributed by atoms with Gasteiger partial charge in [-0.3, -0.25) is 9.59 Å². The highest BCUT2D eigenvalue weighted by atomic mass is 32.1. The van der Waals surface area contributed by atoms with Gasteiger partial charge in [0.05, 0.1) is 16.8 Å². The van der Waals surface area contributed by atoms with Crippen molar-refractivity contribution in [3.8, 4) is 11.5 Å². The molecule has 136 valence electrons. The Morgan fingerprint density at radius 1 is 0.889 bits per heavy atom. The molecule has 7 heteroatoms. The lowest BCUT2D eigenvalue weighted by Gasteiger charge is -2.19. The Bertz CT molecular complexity index is 985. The second kappa shape index (κ2) is 7.51. The van der Waals surface area contributed by atoms with E-state index in [1.54, 1.807) is 53.9 Å². The zero-order valence-electron chi connectivity index (χ0n) is 14.2. The number of fused-ring (bicyclic) bond motifs is 1. The van der Waals surface area contributed by atoms with Crippen molar-refractivity contribution in [2.45, 2.75) is 0 Å². The number of benzene rings is 2. The average Bonchev–Trinajstić information content (AvgIpc) is 3.23. The summed E-state index contributed by atoms with van der Waals surface area (Å²) in [7, 11) is 0. The highest BCUT2D eigenvalue weighted by Crippen LogP contribution is 2.33. The van der Waals surface area contributed by atoms with Crippen LogP contribution in [0.15, 0.2) is 59.3 Å². The Morgan fingerprint density at radius 2 is 1.70 bits per heavy atom. The van der Waals surface area contributed by atoms with Crippen LogP contribution in [0, 0.1) is 0 Å². The zero-order valence-corrected chi connectivity index (χ0v) is 15.0. The van der Waals surface area contributed by atoms with Crippen molar-refractivity contribution in [2.75, 3.05) is 23.8 Å². The first-order valence-electron chi connectivity index (χ1n) is 8.34. The van der Waals surface area contributed by atoms with Gasteiger partial charge in [-0.2, -0.15) is 11.3 Å². The van der Waals surface area contributed by atoms with Crippen LogP contribution < -0.4 is 20.1 Å². The summed E-state index contributed by atoms with van der Waals surface area (Å²) in [6.45, 7) is 0.984. The van der Waals surface area contributed by atoms with E-state index >= 15 is 0 Å². The number of nitrogens with one attached hydrogen (secondary N) is 2. The summed E-state index contributed by atoms with van der Waals surface area (Å²) in [5.41, 5.74) is 1.96. The Balaban J connectivity index is 1.53. The number of anilines is 2. The third-order valence-electron chi connectivity index (χ3n) is 4.00. The number of carbonyl (C=O) groups is 2. The monoisotopic (exact) mass is 380 g/mol. The summed E-state index contributed by atoms with van der Waals surface area (Å²) in [4.78, 5) is 25.0. The second-order valence-electron chi connectivity index (χ2n) is 5.82. The number of para-hydroxylation sites is 1. The van der Waals surface area contributed by atoms with Gasteiger partial charge in [0, 0.05) is 17.1 Å². The van der Waals surface area contributed by atoms with Crippen molar-refractivity contribution in [1.82, 2.24) is 0 Å². The highest BCUT2D eigenvalue weighted by molar-refractivity contribution is 7.08. The summed E-state index contributed by atoms with van der Waals surface area (Å²) >= 11 is 1.44. The Kier molecular flexibility index (Phi) is 4.76. The van der Waals surface area contributed by atoms with Gasteiger partial charge in [0.1, 0.15) is 13.2 Å². The van der Waals surface area contributed by atoms with Crippen LogP contribution in [0.2, 0.25) is 0 Å². The van der Waals surface area contributed by atoms with Crippen molar-refractivity contribution in [3.63, 3.8) is 0 Å². The van der Waals surface area contributed by atoms with Crippen LogP contribution >= 0.6 is 11.3 Å². The lowest BCUT2D eigenvalue weighted by molar-refractivity contribution is 0.102. The molecule has 0 aliphatic carbocycles. The van der Waals surface area contributed by atoms with E-state index in [4.69, 9.17) is 9.47 Å². The molecule has 0 saturated heterocycles. The number of hydrogen-bond acceptors (Lipinski definition) is 5. The number of rotatable bonds is 4. The minimum Gasteiger partial charge on any atom is -0.486 e. The molecule has 1 aliphatic heterocycles. The van der Waals surface area contributed by atoms with Crippen molar-refractivity contribution in [2.24, 2.45) is 0 Å². The number of carbonyl (C=O) groups excluding carboxylic acids is 2. The number of hydrogen-bond donors (Lipinski definition) is 2. The fourth-order valence-electron chi connectivity index (χ4n) is 2.70. The summed E-state index contributed by atoms with van der Waals surface area (Å²) in [5, 5.41) is 9.21. The number of ether oxygens (including phenoxy) is 2. The van der Waals surface area contributed by atoms with Crippen LogP contribution in [-0.4, -0.2) is 25.0 Å². The van der Waals surface area contributed by atoms with Crippen molar-refractivity contribution in [1.29, 1.82) is 0 Å². The minimum atomic E-state index is -0.326. The standard InChI is InChI=1S/C20H16N2O4S/c23-19(13-7-10-27-12-13)22-16-4-2-1-3-15(16)20(24)21-14-5-6-17-18(11-14)26-9-8-25-17/h1-7,10-12H,8-9H2,(H,21,24)(H,22,23). The molecule has 0 saturated carbocycles. The highest BCUT2D eigenvalue weighted by Gasteiger charge is 2.16. The molecular weight excluding hydrogens is 364 g/mol. The topological polar surface area (TPSA) is 76.7 Å². The summed E-state index contributed by atoms with van der Waals surface area (Å²) in [6.07, 6.45) is 0. The first kappa shape index (κ1) is 17.1. The van der Waals surface area contributed by atoms with Gasteiger partial charge >= 0.3 is 0 Å². The first-order valence-corrected chi connectivity index (χ1v) is 9.28. The molecular formula is C20H16N2O4S. The second-order valence-corrected chi connectivity index (χ2v) is 6.60. The Labute approximate surface area is 159 Å². The largest absolute Gasteiger partial charge is 0.486 e. The van der Waals surface area contributed by atoms with Gasteiger partial charge in [-0.25, -0.2) is 0 Å². The zero-order chi connectivity index (χ0) is 18.6. The molecule has 0 atom stereocenters. The quantitative estimate of drug-likeness (QED) is 0.717. The van der Waals surface area contributed by atoms with Crippen LogP contribution in [0.5, 0.6) is 11.5 Å². The SMILES string of the molecule is O=C(Nc1ccccc1C(=O)Nc1ccc2c(c1)OCCO2)c1ccsc1. The molecule has 1 aromatic heterocycles. The van der Waals surface area contributed by atoms with Crippen molar-refractivity contribution in [3.05, 3.63) is 70.4 Å². The van der Waals surface area contributed by atoms with Gasteiger partial charge in [-0.1, -0.05) is 12.1 Å². The fraction of sp³-hybridized carbons (Fsp3) is 0.100. The number of thiophene rings is 1. The molecule has 0 fully saturated rings. The maximum atomic E-state index is 12.7. The molecule has 6 nitrogen and oxygen atoms in total. The van der Waals surface area contributed by atoms with E-state index < -0.39 is 0 Å². The molecule has 2 aromatic carbocycles. The van der Waals surface area contributed by atoms with E-state index in [9.17, 15) is 9.59 Å². The lowest BCUT2D eigenvalue weighted by atomic mass is 10.1. The molecule has 4 rings (SSSR count). The average molecular weight is 380 g/mol. The van der Waals surface area contributed by atoms with Gasteiger partial charge in [0.25, 0.3) is 11.8 Å². The molecule has 0 radical (unpaired) electrons. The minimum absolute atomic E-state index is 0.254. The van der Waals surface area contributed by atoms with E-state index in [2.05, 4.69) is 10.6 Å². The molecule has 27 heavy (non-hydrogen) atoms. The van der Waals surface area contributed by atoms with Crippen molar-refractivity contribution >= 4 is 34.5 Å². The van der Waals surface area contributed by atoms with Crippen LogP contribution in [0.3, 0.4) is 0 Å². The molecule has 0 bridgehead atoms. The number of amides is 2. The lowest BCUT2D eigenvalue weighted by Crippen LogP contribution is -2.18. The summed E-state index contributed by atoms with van der Waals surface area (Å²) in [5.74, 6) is 0.671. The molecule has 3 aromatic rings. The van der Waals surface area contributed by atoms with E-state index in [-0.39, 0.29) is 11.8 Å². The van der Waals surface area contributed by atoms with Crippen LogP contribution in [0.1, 0.15) is 20.7 Å². The predicted octanol–water partition coefficient (Wildman–Crippen LogP) is 4.02. The van der Waals surface area contributed by atoms with Gasteiger partial charge < -0.3 is 20.1 Å². The molecule has 1 aliphatic rings. The van der Waals surface area contributed by atoms with Gasteiger partial charge in [-0.15, -0.1) is 0 Å². The summed E-state index contributed by atoms with van der Waals surface area (Å²) < 4.78 is 11.0. The Morgan fingerprint density at radius 3 is 2.52 bits per heavy atom. The molecule has 0 spiro atoms. The normalized spacial score (nSPS) is 12.3. The third-order valence-corrected chi connectivity index (χ3v) is 4.69. The maximum absolute atomic E-state index is 12.7. The third kappa shape index (κ3) is 3.78. The van der Waals surface area contributed by atoms with Crippen LogP contribution in [0.4, 0.5) is 11.4 Å². The molecule has 2 N–H and O–H groups in total. The van der Waals surface area contributed by atoms with Gasteiger partial charge in [0.15, 0.2) is 11.5 Å².